The lowest BCUT2D eigenvalue weighted by atomic mass is 10.0. The lowest BCUT2D eigenvalue weighted by Crippen LogP contribution is -2.42. The van der Waals surface area contributed by atoms with Crippen LogP contribution in [0.4, 0.5) is 0 Å². The van der Waals surface area contributed by atoms with Crippen LogP contribution < -0.4 is 10.6 Å². The SMILES string of the molecule is O=C(CC1CNCCO1)NCC1(CCO)CC1. The number of rotatable bonds is 6. The van der Waals surface area contributed by atoms with Crippen molar-refractivity contribution in [2.24, 2.45) is 5.41 Å². The van der Waals surface area contributed by atoms with Crippen molar-refractivity contribution in [2.75, 3.05) is 32.8 Å². The van der Waals surface area contributed by atoms with Crippen LogP contribution in [0.5, 0.6) is 0 Å². The fraction of sp³-hybridized carbons (Fsp3) is 0.917. The normalized spacial score (nSPS) is 26.5. The third-order valence-corrected chi connectivity index (χ3v) is 3.68. The minimum absolute atomic E-state index is 0.0109. The van der Waals surface area contributed by atoms with Crippen LogP contribution in [0.1, 0.15) is 25.7 Å². The van der Waals surface area contributed by atoms with E-state index in [1.54, 1.807) is 0 Å². The summed E-state index contributed by atoms with van der Waals surface area (Å²) in [5, 5.41) is 15.1. The molecule has 98 valence electrons. The molecule has 1 heterocycles. The van der Waals surface area contributed by atoms with E-state index in [9.17, 15) is 4.79 Å². The molecular formula is C12H22N2O3. The molecule has 1 aliphatic heterocycles. The van der Waals surface area contributed by atoms with Crippen LogP contribution in [0, 0.1) is 5.41 Å². The molecule has 3 N–H and O–H groups in total. The van der Waals surface area contributed by atoms with Gasteiger partial charge in [-0.3, -0.25) is 4.79 Å². The van der Waals surface area contributed by atoms with Crippen LogP contribution in [0.3, 0.4) is 0 Å². The Bertz CT molecular complexity index is 260. The molecule has 0 radical (unpaired) electrons. The Morgan fingerprint density at radius 3 is 2.94 bits per heavy atom. The first-order chi connectivity index (χ1) is 8.24. The monoisotopic (exact) mass is 242 g/mol. The second-order valence-corrected chi connectivity index (χ2v) is 5.15. The Hall–Kier alpha value is -0.650. The van der Waals surface area contributed by atoms with E-state index in [2.05, 4.69) is 10.6 Å². The van der Waals surface area contributed by atoms with E-state index in [1.165, 1.54) is 0 Å². The van der Waals surface area contributed by atoms with Crippen molar-refractivity contribution < 1.29 is 14.6 Å². The first-order valence-corrected chi connectivity index (χ1v) is 6.44. The lowest BCUT2D eigenvalue weighted by molar-refractivity contribution is -0.124. The maximum atomic E-state index is 11.7. The molecule has 1 amide bonds. The lowest BCUT2D eigenvalue weighted by Gasteiger charge is -2.23. The van der Waals surface area contributed by atoms with Gasteiger partial charge in [0.25, 0.3) is 0 Å². The molecule has 1 unspecified atom stereocenters. The van der Waals surface area contributed by atoms with E-state index in [0.717, 1.165) is 32.4 Å². The molecule has 5 heteroatoms. The van der Waals surface area contributed by atoms with Gasteiger partial charge < -0.3 is 20.5 Å². The molecule has 1 atom stereocenters. The van der Waals surface area contributed by atoms with Crippen molar-refractivity contribution in [3.63, 3.8) is 0 Å². The maximum Gasteiger partial charge on any atom is 0.222 e. The predicted octanol–water partition coefficient (Wildman–Crippen LogP) is -0.356. The zero-order valence-electron chi connectivity index (χ0n) is 10.2. The number of aliphatic hydroxyl groups excluding tert-OH is 1. The van der Waals surface area contributed by atoms with Crippen molar-refractivity contribution >= 4 is 5.91 Å². The van der Waals surface area contributed by atoms with Gasteiger partial charge in [0.15, 0.2) is 0 Å². The average Bonchev–Trinajstić information content (AvgIpc) is 3.09. The van der Waals surface area contributed by atoms with Crippen LogP contribution >= 0.6 is 0 Å². The van der Waals surface area contributed by atoms with Gasteiger partial charge in [-0.2, -0.15) is 0 Å². The Labute approximate surface area is 102 Å². The van der Waals surface area contributed by atoms with Gasteiger partial charge in [0.2, 0.25) is 5.91 Å². The molecule has 2 aliphatic rings. The zero-order valence-corrected chi connectivity index (χ0v) is 10.2. The molecule has 2 fully saturated rings. The Balaban J connectivity index is 1.63. The quantitative estimate of drug-likeness (QED) is 0.595. The molecular weight excluding hydrogens is 220 g/mol. The van der Waals surface area contributed by atoms with E-state index in [4.69, 9.17) is 9.84 Å². The zero-order chi connectivity index (χ0) is 12.1. The Morgan fingerprint density at radius 1 is 1.53 bits per heavy atom. The topological polar surface area (TPSA) is 70.6 Å². The van der Waals surface area contributed by atoms with Gasteiger partial charge in [-0.25, -0.2) is 0 Å². The fourth-order valence-corrected chi connectivity index (χ4v) is 2.24. The summed E-state index contributed by atoms with van der Waals surface area (Å²) in [5.41, 5.74) is 0.191. The summed E-state index contributed by atoms with van der Waals surface area (Å²) in [6.45, 7) is 3.23. The Kier molecular flexibility index (Phi) is 4.36. The second-order valence-electron chi connectivity index (χ2n) is 5.15. The molecule has 0 aromatic carbocycles. The Morgan fingerprint density at radius 2 is 2.35 bits per heavy atom. The minimum Gasteiger partial charge on any atom is -0.396 e. The minimum atomic E-state index is 0.0109. The number of morpholine rings is 1. The average molecular weight is 242 g/mol. The number of amides is 1. The van der Waals surface area contributed by atoms with Crippen molar-refractivity contribution in [3.05, 3.63) is 0 Å². The summed E-state index contributed by atoms with van der Waals surface area (Å²) >= 11 is 0. The molecule has 1 saturated heterocycles. The summed E-state index contributed by atoms with van der Waals surface area (Å²) < 4.78 is 5.48. The first kappa shape index (κ1) is 12.8. The van der Waals surface area contributed by atoms with E-state index < -0.39 is 0 Å². The number of carbonyl (C=O) groups excluding carboxylic acids is 1. The summed E-state index contributed by atoms with van der Waals surface area (Å²) in [5.74, 6) is 0.0583. The van der Waals surface area contributed by atoms with E-state index >= 15 is 0 Å². The van der Waals surface area contributed by atoms with E-state index in [0.29, 0.717) is 19.6 Å². The summed E-state index contributed by atoms with van der Waals surface area (Å²) in [6, 6.07) is 0. The van der Waals surface area contributed by atoms with Crippen LogP contribution in [-0.4, -0.2) is 50.0 Å². The second kappa shape index (κ2) is 5.80. The highest BCUT2D eigenvalue weighted by atomic mass is 16.5. The van der Waals surface area contributed by atoms with Gasteiger partial charge in [0.1, 0.15) is 0 Å². The van der Waals surface area contributed by atoms with E-state index in [1.807, 2.05) is 0 Å². The first-order valence-electron chi connectivity index (χ1n) is 6.44. The predicted molar refractivity (Wildman–Crippen MR) is 63.6 cm³/mol. The number of hydrogen-bond donors (Lipinski definition) is 3. The molecule has 2 rings (SSSR count). The number of hydrogen-bond acceptors (Lipinski definition) is 4. The number of aliphatic hydroxyl groups is 1. The maximum absolute atomic E-state index is 11.7. The van der Waals surface area contributed by atoms with Gasteiger partial charge in [0, 0.05) is 26.2 Å². The fourth-order valence-electron chi connectivity index (χ4n) is 2.24. The standard InChI is InChI=1S/C12H22N2O3/c15-5-3-12(1-2-12)9-14-11(16)7-10-8-13-4-6-17-10/h10,13,15H,1-9H2,(H,14,16). The number of nitrogens with one attached hydrogen (secondary N) is 2. The van der Waals surface area contributed by atoms with Gasteiger partial charge in [-0.1, -0.05) is 0 Å². The van der Waals surface area contributed by atoms with Crippen molar-refractivity contribution in [1.82, 2.24) is 10.6 Å². The third-order valence-electron chi connectivity index (χ3n) is 3.68. The highest BCUT2D eigenvalue weighted by Gasteiger charge is 2.41. The molecule has 0 aromatic heterocycles. The smallest absolute Gasteiger partial charge is 0.222 e. The molecule has 5 nitrogen and oxygen atoms in total. The number of ether oxygens (including phenoxy) is 1. The third kappa shape index (κ3) is 3.94. The summed E-state index contributed by atoms with van der Waals surface area (Å²) in [7, 11) is 0. The van der Waals surface area contributed by atoms with Crippen LogP contribution in [0.25, 0.3) is 0 Å². The van der Waals surface area contributed by atoms with Gasteiger partial charge in [0.05, 0.1) is 19.1 Å². The summed E-state index contributed by atoms with van der Waals surface area (Å²) in [4.78, 5) is 11.7. The molecule has 1 saturated carbocycles. The van der Waals surface area contributed by atoms with Crippen LogP contribution in [0.2, 0.25) is 0 Å². The van der Waals surface area contributed by atoms with E-state index in [-0.39, 0.29) is 24.0 Å². The molecule has 0 bridgehead atoms. The number of carbonyl (C=O) groups is 1. The van der Waals surface area contributed by atoms with Crippen molar-refractivity contribution in [2.45, 2.75) is 31.8 Å². The largest absolute Gasteiger partial charge is 0.396 e. The molecule has 1 aliphatic carbocycles. The molecule has 17 heavy (non-hydrogen) atoms. The van der Waals surface area contributed by atoms with Crippen molar-refractivity contribution in [3.8, 4) is 0 Å². The van der Waals surface area contributed by atoms with Gasteiger partial charge in [-0.05, 0) is 24.7 Å². The van der Waals surface area contributed by atoms with Gasteiger partial charge in [-0.15, -0.1) is 0 Å². The highest BCUT2D eigenvalue weighted by molar-refractivity contribution is 5.76. The summed E-state index contributed by atoms with van der Waals surface area (Å²) in [6.07, 6.45) is 3.48. The van der Waals surface area contributed by atoms with Gasteiger partial charge >= 0.3 is 0 Å². The molecule has 0 aromatic rings. The van der Waals surface area contributed by atoms with Crippen LogP contribution in [-0.2, 0) is 9.53 Å². The highest BCUT2D eigenvalue weighted by Crippen LogP contribution is 2.47. The van der Waals surface area contributed by atoms with Crippen LogP contribution in [0.15, 0.2) is 0 Å². The van der Waals surface area contributed by atoms with Crippen molar-refractivity contribution in [1.29, 1.82) is 0 Å². The molecule has 0 spiro atoms.